The Morgan fingerprint density at radius 3 is 2.75 bits per heavy atom. The zero-order valence-electron chi connectivity index (χ0n) is 18.5. The summed E-state index contributed by atoms with van der Waals surface area (Å²) in [7, 11) is 2.87. The quantitative estimate of drug-likeness (QED) is 0.157. The van der Waals surface area contributed by atoms with Crippen LogP contribution in [0.25, 0.3) is 10.4 Å². The molecule has 3 rings (SSSR count). The van der Waals surface area contributed by atoms with Gasteiger partial charge in [-0.05, 0) is 72.3 Å². The van der Waals surface area contributed by atoms with Gasteiger partial charge in [0.1, 0.15) is 0 Å². The molecule has 9 nitrogen and oxygen atoms in total. The molecule has 1 heterocycles. The summed E-state index contributed by atoms with van der Waals surface area (Å²) >= 11 is 0. The van der Waals surface area contributed by atoms with Crippen LogP contribution in [-0.2, 0) is 4.84 Å². The number of benzene rings is 2. The molecule has 0 aliphatic carbocycles. The second kappa shape index (κ2) is 11.5. The van der Waals surface area contributed by atoms with Gasteiger partial charge in [-0.2, -0.15) is 0 Å². The molecule has 2 amide bonds. The van der Waals surface area contributed by atoms with E-state index in [1.165, 1.54) is 0 Å². The fourth-order valence-electron chi connectivity index (χ4n) is 3.67. The minimum Gasteiger partial charge on any atom is -0.331 e. The number of urea groups is 1. The van der Waals surface area contributed by atoms with Crippen molar-refractivity contribution in [2.24, 2.45) is 4.52 Å². The number of likely N-dealkylation sites (tertiary alicyclic amines) is 1. The molecule has 1 saturated heterocycles. The Balaban J connectivity index is 1.75. The van der Waals surface area contributed by atoms with Crippen LogP contribution >= 0.6 is 10.7 Å². The molecular weight excluding hydrogens is 426 g/mol. The minimum absolute atomic E-state index is 0.155. The first-order valence-electron chi connectivity index (χ1n) is 10.5. The van der Waals surface area contributed by atoms with Gasteiger partial charge < -0.3 is 10.6 Å². The van der Waals surface area contributed by atoms with E-state index in [0.717, 1.165) is 46.9 Å². The van der Waals surface area contributed by atoms with Crippen LogP contribution in [-0.4, -0.2) is 36.6 Å². The standard InChI is InChI=1S/C22H29N7O2S/c1-4-20(16-8-5-10-18(14-16)26-31-3)25-22(30)24-17-9-6-11-19(15-17)32(28-27-23)21-12-7-13-29(21)2/h5-6,8-11,14-15,20,26H,4,7,12-13H2,1-3H3,(H2,24,25,30)/t20-,32?/m0/s1. The van der Waals surface area contributed by atoms with E-state index in [4.69, 9.17) is 10.4 Å². The van der Waals surface area contributed by atoms with Gasteiger partial charge in [-0.25, -0.2) is 4.79 Å². The summed E-state index contributed by atoms with van der Waals surface area (Å²) in [5, 5.41) is 5.94. The summed E-state index contributed by atoms with van der Waals surface area (Å²) in [5.41, 5.74) is 14.3. The van der Waals surface area contributed by atoms with Gasteiger partial charge in [0.2, 0.25) is 0 Å². The van der Waals surface area contributed by atoms with Crippen LogP contribution in [0.5, 0.6) is 0 Å². The molecule has 0 radical (unpaired) electrons. The van der Waals surface area contributed by atoms with Crippen molar-refractivity contribution in [3.63, 3.8) is 0 Å². The number of amides is 2. The number of rotatable bonds is 8. The normalized spacial score (nSPS) is 16.7. The lowest BCUT2D eigenvalue weighted by molar-refractivity contribution is 0.248. The van der Waals surface area contributed by atoms with Crippen molar-refractivity contribution < 1.29 is 9.63 Å². The highest BCUT2D eigenvalue weighted by atomic mass is 32.2. The number of hydrogen-bond acceptors (Lipinski definition) is 4. The molecule has 2 aromatic rings. The summed E-state index contributed by atoms with van der Waals surface area (Å²) in [5.74, 6) is 0. The number of carbonyl (C=O) groups is 1. The first-order valence-corrected chi connectivity index (χ1v) is 11.7. The van der Waals surface area contributed by atoms with Crippen molar-refractivity contribution in [3.8, 4) is 0 Å². The molecule has 0 aromatic heterocycles. The molecule has 0 bridgehead atoms. The second-order valence-corrected chi connectivity index (χ2v) is 9.07. The lowest BCUT2D eigenvalue weighted by Crippen LogP contribution is -2.32. The SMILES string of the molecule is CC[C@H](NC(=O)Nc1cccc(/S(N=[N+]=[N-])=C2/CCCN2C)c1)c1cccc(NOC)c1. The first kappa shape index (κ1) is 23.6. The van der Waals surface area contributed by atoms with E-state index in [2.05, 4.69) is 30.4 Å². The fraction of sp³-hybridized carbons (Fsp3) is 0.364. The lowest BCUT2D eigenvalue weighted by Gasteiger charge is -2.19. The van der Waals surface area contributed by atoms with E-state index < -0.39 is 10.7 Å². The van der Waals surface area contributed by atoms with E-state index in [1.807, 2.05) is 62.5 Å². The highest BCUT2D eigenvalue weighted by Crippen LogP contribution is 2.35. The molecule has 0 saturated carbocycles. The van der Waals surface area contributed by atoms with Crippen molar-refractivity contribution in [1.29, 1.82) is 0 Å². The van der Waals surface area contributed by atoms with Gasteiger partial charge in [0, 0.05) is 27.0 Å². The third-order valence-electron chi connectivity index (χ3n) is 5.19. The van der Waals surface area contributed by atoms with Crippen molar-refractivity contribution >= 4 is 33.1 Å². The Labute approximate surface area is 190 Å². The largest absolute Gasteiger partial charge is 0.331 e. The maximum absolute atomic E-state index is 12.7. The zero-order valence-corrected chi connectivity index (χ0v) is 19.4. The molecule has 32 heavy (non-hydrogen) atoms. The van der Waals surface area contributed by atoms with E-state index in [9.17, 15) is 4.79 Å². The summed E-state index contributed by atoms with van der Waals surface area (Å²) in [6.07, 6.45) is 2.69. The Bertz CT molecular complexity index is 1040. The monoisotopic (exact) mass is 455 g/mol. The Morgan fingerprint density at radius 2 is 2.06 bits per heavy atom. The van der Waals surface area contributed by atoms with E-state index in [-0.39, 0.29) is 12.1 Å². The van der Waals surface area contributed by atoms with Crippen LogP contribution < -0.4 is 16.1 Å². The molecule has 10 heteroatoms. The Morgan fingerprint density at radius 1 is 1.28 bits per heavy atom. The lowest BCUT2D eigenvalue weighted by atomic mass is 10.0. The predicted octanol–water partition coefficient (Wildman–Crippen LogP) is 5.64. The molecule has 2 aromatic carbocycles. The van der Waals surface area contributed by atoms with Crippen LogP contribution in [0.4, 0.5) is 16.2 Å². The van der Waals surface area contributed by atoms with E-state index in [1.54, 1.807) is 7.11 Å². The Hall–Kier alpha value is -3.04. The van der Waals surface area contributed by atoms with Gasteiger partial charge in [0.25, 0.3) is 0 Å². The molecule has 1 aliphatic heterocycles. The molecule has 0 spiro atoms. The number of nitrogens with zero attached hydrogens (tertiary/aromatic N) is 4. The van der Waals surface area contributed by atoms with Gasteiger partial charge in [-0.1, -0.05) is 35.8 Å². The molecule has 1 unspecified atom stereocenters. The van der Waals surface area contributed by atoms with Gasteiger partial charge in [0.15, 0.2) is 0 Å². The van der Waals surface area contributed by atoms with Crippen LogP contribution in [0.3, 0.4) is 0 Å². The maximum atomic E-state index is 12.7. The Kier molecular flexibility index (Phi) is 8.52. The van der Waals surface area contributed by atoms with Gasteiger partial charge >= 0.3 is 6.03 Å². The van der Waals surface area contributed by atoms with Gasteiger partial charge in [-0.3, -0.25) is 15.2 Å². The van der Waals surface area contributed by atoms with Gasteiger partial charge in [-0.15, -0.1) is 0 Å². The number of carbonyl (C=O) groups excluding carboxylic acids is 1. The number of nitrogens with one attached hydrogen (secondary N) is 3. The van der Waals surface area contributed by atoms with Crippen LogP contribution in [0.1, 0.15) is 37.8 Å². The third-order valence-corrected chi connectivity index (χ3v) is 7.09. The fourth-order valence-corrected chi connectivity index (χ4v) is 5.38. The molecule has 2 atom stereocenters. The summed E-state index contributed by atoms with van der Waals surface area (Å²) in [4.78, 5) is 24.9. The topological polar surface area (TPSA) is 114 Å². The molecule has 170 valence electrons. The number of azide groups is 1. The van der Waals surface area contributed by atoms with E-state index in [0.29, 0.717) is 5.69 Å². The minimum atomic E-state index is -0.705. The summed E-state index contributed by atoms with van der Waals surface area (Å²) in [6.45, 7) is 2.97. The predicted molar refractivity (Wildman–Crippen MR) is 131 cm³/mol. The summed E-state index contributed by atoms with van der Waals surface area (Å²) < 4.78 is 4.06. The number of anilines is 2. The molecule has 3 N–H and O–H groups in total. The third kappa shape index (κ3) is 6.02. The maximum Gasteiger partial charge on any atom is 0.319 e. The highest BCUT2D eigenvalue weighted by Gasteiger charge is 2.19. The van der Waals surface area contributed by atoms with E-state index >= 15 is 0 Å². The van der Waals surface area contributed by atoms with Gasteiger partial charge in [0.05, 0.1) is 18.8 Å². The summed E-state index contributed by atoms with van der Waals surface area (Å²) in [6, 6.07) is 14.8. The smallest absolute Gasteiger partial charge is 0.319 e. The van der Waals surface area contributed by atoms with Crippen LogP contribution in [0.15, 0.2) is 57.9 Å². The number of hydrogen-bond donors (Lipinski definition) is 3. The van der Waals surface area contributed by atoms with Crippen molar-refractivity contribution in [2.75, 3.05) is 31.5 Å². The molecule has 1 aliphatic rings. The van der Waals surface area contributed by atoms with Crippen molar-refractivity contribution in [2.45, 2.75) is 37.1 Å². The van der Waals surface area contributed by atoms with Crippen molar-refractivity contribution in [3.05, 3.63) is 64.5 Å². The van der Waals surface area contributed by atoms with Crippen LogP contribution in [0, 0.1) is 0 Å². The molecule has 1 fully saturated rings. The zero-order chi connectivity index (χ0) is 22.9. The first-order chi connectivity index (χ1) is 15.5. The average molecular weight is 456 g/mol. The second-order valence-electron chi connectivity index (χ2n) is 7.39. The van der Waals surface area contributed by atoms with Crippen molar-refractivity contribution in [1.82, 2.24) is 10.2 Å². The average Bonchev–Trinajstić information content (AvgIpc) is 3.22. The highest BCUT2D eigenvalue weighted by molar-refractivity contribution is 8.14. The van der Waals surface area contributed by atoms with Crippen LogP contribution in [0.2, 0.25) is 0 Å². The molecular formula is C22H29N7O2S.